The summed E-state index contributed by atoms with van der Waals surface area (Å²) in [5.41, 5.74) is 1.02. The zero-order valence-corrected chi connectivity index (χ0v) is 17.1. The number of halogens is 1. The molecular formula is C22H24FNO6. The van der Waals surface area contributed by atoms with Crippen molar-refractivity contribution < 1.29 is 33.0 Å². The molecule has 0 aliphatic carbocycles. The smallest absolute Gasteiger partial charge is 0.306 e. The first kappa shape index (κ1) is 22.9. The largest absolute Gasteiger partial charge is 0.497 e. The van der Waals surface area contributed by atoms with Gasteiger partial charge >= 0.3 is 5.97 Å². The molecule has 0 saturated heterocycles. The number of hydrogen-bond acceptors (Lipinski definition) is 6. The summed E-state index contributed by atoms with van der Waals surface area (Å²) < 4.78 is 28.3. The van der Waals surface area contributed by atoms with Crippen LogP contribution in [0.4, 0.5) is 4.39 Å². The fourth-order valence-electron chi connectivity index (χ4n) is 2.75. The maximum Gasteiger partial charge on any atom is 0.306 e. The zero-order valence-electron chi connectivity index (χ0n) is 17.1. The molecule has 0 spiro atoms. The lowest BCUT2D eigenvalue weighted by Gasteiger charge is -2.18. The minimum Gasteiger partial charge on any atom is -0.497 e. The fourth-order valence-corrected chi connectivity index (χ4v) is 2.75. The van der Waals surface area contributed by atoms with E-state index in [0.717, 1.165) is 0 Å². The lowest BCUT2D eigenvalue weighted by Crippen LogP contribution is -2.31. The van der Waals surface area contributed by atoms with Gasteiger partial charge < -0.3 is 19.5 Å². The Balaban J connectivity index is 1.80. The lowest BCUT2D eigenvalue weighted by molar-refractivity contribution is -0.148. The summed E-state index contributed by atoms with van der Waals surface area (Å²) in [5.74, 6) is -0.727. The van der Waals surface area contributed by atoms with Crippen LogP contribution < -0.4 is 14.8 Å². The first-order valence-corrected chi connectivity index (χ1v) is 9.29. The van der Waals surface area contributed by atoms with Crippen LogP contribution in [0.3, 0.4) is 0 Å². The van der Waals surface area contributed by atoms with Crippen molar-refractivity contribution in [1.29, 1.82) is 0 Å². The van der Waals surface area contributed by atoms with E-state index in [-0.39, 0.29) is 18.6 Å². The van der Waals surface area contributed by atoms with Gasteiger partial charge in [-0.15, -0.1) is 0 Å². The number of ether oxygens (including phenoxy) is 3. The number of hydrogen-bond donors (Lipinski definition) is 1. The van der Waals surface area contributed by atoms with Gasteiger partial charge in [-0.05, 0) is 49.4 Å². The minimum absolute atomic E-state index is 0.0938. The van der Waals surface area contributed by atoms with Crippen molar-refractivity contribution in [2.75, 3.05) is 20.8 Å². The molecule has 2 aromatic rings. The number of ketones is 1. The summed E-state index contributed by atoms with van der Waals surface area (Å²) in [6, 6.07) is 9.86. The first-order valence-electron chi connectivity index (χ1n) is 9.29. The molecule has 2 rings (SSSR count). The van der Waals surface area contributed by atoms with Crippen molar-refractivity contribution in [2.24, 2.45) is 0 Å². The number of nitrogens with one attached hydrogen (secondary N) is 1. The Hall–Kier alpha value is -3.42. The fraction of sp³-hybridized carbons (Fsp3) is 0.318. The van der Waals surface area contributed by atoms with Gasteiger partial charge in [0.15, 0.2) is 12.4 Å². The van der Waals surface area contributed by atoms with Crippen molar-refractivity contribution in [3.05, 3.63) is 59.4 Å². The third-order valence-electron chi connectivity index (χ3n) is 4.37. The van der Waals surface area contributed by atoms with E-state index in [1.165, 1.54) is 38.5 Å². The lowest BCUT2D eigenvalue weighted by atomic mass is 10.1. The summed E-state index contributed by atoms with van der Waals surface area (Å²) in [6.07, 6.45) is -0.272. The predicted molar refractivity (Wildman–Crippen MR) is 107 cm³/mol. The van der Waals surface area contributed by atoms with Crippen LogP contribution in [0.15, 0.2) is 42.5 Å². The second-order valence-corrected chi connectivity index (χ2v) is 6.49. The van der Waals surface area contributed by atoms with E-state index in [4.69, 9.17) is 14.2 Å². The van der Waals surface area contributed by atoms with Crippen molar-refractivity contribution in [3.8, 4) is 11.5 Å². The van der Waals surface area contributed by atoms with Crippen LogP contribution in [0.2, 0.25) is 0 Å². The minimum atomic E-state index is -0.674. The summed E-state index contributed by atoms with van der Waals surface area (Å²) in [7, 11) is 3.06. The van der Waals surface area contributed by atoms with E-state index in [2.05, 4.69) is 5.32 Å². The van der Waals surface area contributed by atoms with E-state index < -0.39 is 30.3 Å². The summed E-state index contributed by atoms with van der Waals surface area (Å²) in [4.78, 5) is 35.9. The van der Waals surface area contributed by atoms with Gasteiger partial charge in [0, 0.05) is 17.5 Å². The standard InChI is InChI=1S/C22H24FNO6/c1-14(18-12-17(28-2)8-10-20(18)29-3)24-21(26)13-30-22(27)11-9-19(25)15-4-6-16(23)7-5-15/h4-8,10,12,14H,9,11,13H2,1-3H3,(H,24,26)/t14-/m0/s1. The Labute approximate surface area is 174 Å². The quantitative estimate of drug-likeness (QED) is 0.472. The van der Waals surface area contributed by atoms with E-state index >= 15 is 0 Å². The molecule has 7 nitrogen and oxygen atoms in total. The van der Waals surface area contributed by atoms with Crippen LogP contribution in [0, 0.1) is 5.82 Å². The van der Waals surface area contributed by atoms with Crippen molar-refractivity contribution in [3.63, 3.8) is 0 Å². The Bertz CT molecular complexity index is 897. The van der Waals surface area contributed by atoms with Crippen LogP contribution in [0.5, 0.6) is 11.5 Å². The van der Waals surface area contributed by atoms with Gasteiger partial charge in [-0.1, -0.05) is 0 Å². The molecule has 0 bridgehead atoms. The number of methoxy groups -OCH3 is 2. The van der Waals surface area contributed by atoms with Crippen LogP contribution in [0.1, 0.15) is 41.7 Å². The molecule has 0 fully saturated rings. The molecule has 0 unspecified atom stereocenters. The van der Waals surface area contributed by atoms with E-state index in [0.29, 0.717) is 22.6 Å². The molecule has 0 aliphatic rings. The van der Waals surface area contributed by atoms with E-state index in [1.807, 2.05) is 0 Å². The zero-order chi connectivity index (χ0) is 22.1. The van der Waals surface area contributed by atoms with Crippen molar-refractivity contribution >= 4 is 17.7 Å². The van der Waals surface area contributed by atoms with Gasteiger partial charge in [0.05, 0.1) is 26.7 Å². The molecular weight excluding hydrogens is 393 g/mol. The summed E-state index contributed by atoms with van der Waals surface area (Å²) in [6.45, 7) is 1.29. The monoisotopic (exact) mass is 417 g/mol. The number of benzene rings is 2. The summed E-state index contributed by atoms with van der Waals surface area (Å²) in [5, 5.41) is 2.72. The van der Waals surface area contributed by atoms with Crippen LogP contribution in [-0.4, -0.2) is 38.5 Å². The highest BCUT2D eigenvalue weighted by Crippen LogP contribution is 2.29. The molecule has 0 saturated carbocycles. The highest BCUT2D eigenvalue weighted by molar-refractivity contribution is 5.97. The van der Waals surface area contributed by atoms with E-state index in [1.54, 1.807) is 25.1 Å². The van der Waals surface area contributed by atoms with Crippen molar-refractivity contribution in [2.45, 2.75) is 25.8 Å². The number of rotatable bonds is 10. The predicted octanol–water partition coefficient (Wildman–Crippen LogP) is 3.23. The maximum atomic E-state index is 12.9. The molecule has 160 valence electrons. The number of carbonyl (C=O) groups excluding carboxylic acids is 3. The average Bonchev–Trinajstić information content (AvgIpc) is 2.75. The Morgan fingerprint density at radius 2 is 1.70 bits per heavy atom. The second-order valence-electron chi connectivity index (χ2n) is 6.49. The second kappa shape index (κ2) is 10.9. The topological polar surface area (TPSA) is 90.9 Å². The van der Waals surface area contributed by atoms with Gasteiger partial charge in [-0.2, -0.15) is 0 Å². The number of amides is 1. The average molecular weight is 417 g/mol. The van der Waals surface area contributed by atoms with Crippen LogP contribution >= 0.6 is 0 Å². The molecule has 0 heterocycles. The molecule has 0 aliphatic heterocycles. The number of Topliss-reactive ketones (excluding diaryl/α,β-unsaturated/α-hetero) is 1. The molecule has 1 N–H and O–H groups in total. The SMILES string of the molecule is COc1ccc(OC)c([C@H](C)NC(=O)COC(=O)CCC(=O)c2ccc(F)cc2)c1. The number of carbonyl (C=O) groups is 3. The Morgan fingerprint density at radius 1 is 1.00 bits per heavy atom. The molecule has 2 aromatic carbocycles. The van der Waals surface area contributed by atoms with E-state index in [9.17, 15) is 18.8 Å². The summed E-state index contributed by atoms with van der Waals surface area (Å²) >= 11 is 0. The molecule has 30 heavy (non-hydrogen) atoms. The molecule has 1 amide bonds. The highest BCUT2D eigenvalue weighted by atomic mass is 19.1. The Morgan fingerprint density at radius 3 is 2.33 bits per heavy atom. The number of esters is 1. The molecule has 0 aromatic heterocycles. The third-order valence-corrected chi connectivity index (χ3v) is 4.37. The van der Waals surface area contributed by atoms with Crippen LogP contribution in [-0.2, 0) is 14.3 Å². The van der Waals surface area contributed by atoms with Crippen molar-refractivity contribution in [1.82, 2.24) is 5.32 Å². The highest BCUT2D eigenvalue weighted by Gasteiger charge is 2.17. The maximum absolute atomic E-state index is 12.9. The Kier molecular flexibility index (Phi) is 8.34. The van der Waals surface area contributed by atoms with Gasteiger partial charge in [0.25, 0.3) is 5.91 Å². The van der Waals surface area contributed by atoms with Gasteiger partial charge in [-0.3, -0.25) is 14.4 Å². The van der Waals surface area contributed by atoms with Gasteiger partial charge in [0.1, 0.15) is 17.3 Å². The molecule has 1 atom stereocenters. The van der Waals surface area contributed by atoms with Gasteiger partial charge in [0.2, 0.25) is 0 Å². The normalized spacial score (nSPS) is 11.3. The molecule has 8 heteroatoms. The molecule has 0 radical (unpaired) electrons. The van der Waals surface area contributed by atoms with Crippen LogP contribution in [0.25, 0.3) is 0 Å². The van der Waals surface area contributed by atoms with Gasteiger partial charge in [-0.25, -0.2) is 4.39 Å². The third kappa shape index (κ3) is 6.58. The first-order chi connectivity index (χ1) is 14.3.